The van der Waals surface area contributed by atoms with E-state index in [4.69, 9.17) is 4.99 Å². The Kier molecular flexibility index (Phi) is 6.15. The van der Waals surface area contributed by atoms with Gasteiger partial charge in [-0.1, -0.05) is 78.4 Å². The summed E-state index contributed by atoms with van der Waals surface area (Å²) in [5.74, 6) is 1.11. The van der Waals surface area contributed by atoms with Crippen molar-refractivity contribution in [1.82, 2.24) is 10.6 Å². The first kappa shape index (κ1) is 19.0. The molecule has 4 rings (SSSR count). The average molecular weight is 378 g/mol. The van der Waals surface area contributed by atoms with Gasteiger partial charge >= 0.3 is 0 Å². The molecule has 1 aliphatic heterocycles. The highest BCUT2D eigenvalue weighted by Gasteiger charge is 2.21. The van der Waals surface area contributed by atoms with Crippen LogP contribution in [0.25, 0.3) is 0 Å². The van der Waals surface area contributed by atoms with Crippen LogP contribution in [0.3, 0.4) is 0 Å². The number of hydrogen-bond acceptors (Lipinski definition) is 3. The second-order valence-electron chi connectivity index (χ2n) is 6.71. The number of aliphatic imine (C=N–C) groups is 1. The number of halogens is 1. The average Bonchev–Trinajstić information content (AvgIpc) is 2.87. The molecule has 1 aliphatic rings. The fourth-order valence-electron chi connectivity index (χ4n) is 3.39. The van der Waals surface area contributed by atoms with Gasteiger partial charge in [0.05, 0.1) is 5.69 Å². The topological polar surface area (TPSA) is 36.4 Å². The predicted molar refractivity (Wildman–Crippen MR) is 115 cm³/mol. The maximum atomic E-state index is 4.87. The Bertz CT molecular complexity index is 907. The molecule has 3 aromatic rings. The number of rotatable bonds is 3. The van der Waals surface area contributed by atoms with Crippen molar-refractivity contribution in [3.8, 4) is 0 Å². The molecule has 0 saturated heterocycles. The van der Waals surface area contributed by atoms with Crippen LogP contribution in [-0.4, -0.2) is 12.5 Å². The molecule has 2 N–H and O–H groups in total. The molecule has 27 heavy (non-hydrogen) atoms. The number of hydrogen-bond donors (Lipinski definition) is 2. The van der Waals surface area contributed by atoms with Crippen molar-refractivity contribution >= 4 is 24.1 Å². The fraction of sp³-hybridized carbons (Fsp3) is 0.174. The molecule has 1 unspecified atom stereocenters. The van der Waals surface area contributed by atoms with E-state index in [9.17, 15) is 0 Å². The number of benzene rings is 3. The van der Waals surface area contributed by atoms with Crippen molar-refractivity contribution in [2.45, 2.75) is 19.4 Å². The Morgan fingerprint density at radius 3 is 2.41 bits per heavy atom. The molecular formula is C23H24ClN3. The van der Waals surface area contributed by atoms with Crippen LogP contribution in [0.2, 0.25) is 0 Å². The molecule has 0 spiro atoms. The van der Waals surface area contributed by atoms with Crippen molar-refractivity contribution in [2.24, 2.45) is 4.99 Å². The summed E-state index contributed by atoms with van der Waals surface area (Å²) in [5, 5.41) is 6.95. The highest BCUT2D eigenvalue weighted by Crippen LogP contribution is 2.34. The zero-order valence-corrected chi connectivity index (χ0v) is 16.2. The van der Waals surface area contributed by atoms with Gasteiger partial charge < -0.3 is 10.6 Å². The van der Waals surface area contributed by atoms with Crippen LogP contribution < -0.4 is 10.6 Å². The number of nitrogens with one attached hydrogen (secondary N) is 2. The first-order valence-corrected chi connectivity index (χ1v) is 9.05. The summed E-state index contributed by atoms with van der Waals surface area (Å²) in [6.45, 7) is 3.71. The predicted octanol–water partition coefficient (Wildman–Crippen LogP) is 4.93. The lowest BCUT2D eigenvalue weighted by atomic mass is 9.89. The summed E-state index contributed by atoms with van der Waals surface area (Å²) in [5.41, 5.74) is 6.13. The molecule has 0 fully saturated rings. The summed E-state index contributed by atoms with van der Waals surface area (Å²) in [6.07, 6.45) is 0. The van der Waals surface area contributed by atoms with Crippen LogP contribution in [-0.2, 0) is 6.54 Å². The molecule has 3 nitrogen and oxygen atoms in total. The zero-order chi connectivity index (χ0) is 17.8. The van der Waals surface area contributed by atoms with E-state index < -0.39 is 0 Å². The van der Waals surface area contributed by atoms with Crippen LogP contribution in [0, 0.1) is 6.92 Å². The van der Waals surface area contributed by atoms with Crippen LogP contribution in [0.5, 0.6) is 0 Å². The van der Waals surface area contributed by atoms with Gasteiger partial charge in [0.25, 0.3) is 0 Å². The third kappa shape index (κ3) is 4.50. The smallest absolute Gasteiger partial charge is 0.196 e. The highest BCUT2D eigenvalue weighted by molar-refractivity contribution is 5.85. The van der Waals surface area contributed by atoms with E-state index in [0.717, 1.165) is 24.7 Å². The normalized spacial score (nSPS) is 15.4. The van der Waals surface area contributed by atoms with Crippen LogP contribution >= 0.6 is 12.4 Å². The Morgan fingerprint density at radius 1 is 0.963 bits per heavy atom. The van der Waals surface area contributed by atoms with E-state index in [1.54, 1.807) is 0 Å². The molecule has 1 heterocycles. The first-order chi connectivity index (χ1) is 12.8. The summed E-state index contributed by atoms with van der Waals surface area (Å²) < 4.78 is 0. The monoisotopic (exact) mass is 377 g/mol. The second-order valence-corrected chi connectivity index (χ2v) is 6.71. The van der Waals surface area contributed by atoms with Gasteiger partial charge in [0, 0.05) is 19.0 Å². The largest absolute Gasteiger partial charge is 0.355 e. The van der Waals surface area contributed by atoms with Crippen molar-refractivity contribution in [3.05, 3.63) is 101 Å². The van der Waals surface area contributed by atoms with E-state index in [-0.39, 0.29) is 18.3 Å². The SMILES string of the molecule is Cc1ccc2c(c1)C(c1ccccc1)CNC(NCc1ccccc1)=N2.Cl. The van der Waals surface area contributed by atoms with E-state index in [1.807, 2.05) is 6.07 Å². The standard InChI is InChI=1S/C23H23N3.ClH/c1-17-12-13-22-20(14-17)21(19-10-6-3-7-11-19)16-25-23(26-22)24-15-18-8-4-2-5-9-18;/h2-14,21H,15-16H2,1H3,(H2,24,25,26);1H. The van der Waals surface area contributed by atoms with Gasteiger partial charge in [0.1, 0.15) is 0 Å². The minimum atomic E-state index is 0. The Labute approximate surface area is 167 Å². The molecular weight excluding hydrogens is 354 g/mol. The van der Waals surface area contributed by atoms with E-state index >= 15 is 0 Å². The molecule has 3 aromatic carbocycles. The fourth-order valence-corrected chi connectivity index (χ4v) is 3.39. The Morgan fingerprint density at radius 2 is 1.67 bits per heavy atom. The maximum absolute atomic E-state index is 4.87. The van der Waals surface area contributed by atoms with Crippen molar-refractivity contribution < 1.29 is 0 Å². The van der Waals surface area contributed by atoms with Crippen LogP contribution in [0.1, 0.15) is 28.2 Å². The Hall–Kier alpha value is -2.78. The first-order valence-electron chi connectivity index (χ1n) is 9.05. The molecule has 1 atom stereocenters. The molecule has 0 amide bonds. The molecule has 0 saturated carbocycles. The molecule has 138 valence electrons. The minimum Gasteiger partial charge on any atom is -0.355 e. The Balaban J connectivity index is 0.00000210. The van der Waals surface area contributed by atoms with Gasteiger partial charge in [-0.25, -0.2) is 4.99 Å². The van der Waals surface area contributed by atoms with Gasteiger partial charge in [0.2, 0.25) is 0 Å². The minimum absolute atomic E-state index is 0. The molecule has 0 aliphatic carbocycles. The lowest BCUT2D eigenvalue weighted by Gasteiger charge is -2.18. The van der Waals surface area contributed by atoms with Crippen molar-refractivity contribution in [3.63, 3.8) is 0 Å². The highest BCUT2D eigenvalue weighted by atomic mass is 35.5. The van der Waals surface area contributed by atoms with Crippen LogP contribution in [0.4, 0.5) is 5.69 Å². The summed E-state index contributed by atoms with van der Waals surface area (Å²) in [7, 11) is 0. The number of guanidine groups is 1. The number of nitrogens with zero attached hydrogens (tertiary/aromatic N) is 1. The van der Waals surface area contributed by atoms with Gasteiger partial charge in [-0.3, -0.25) is 0 Å². The van der Waals surface area contributed by atoms with Gasteiger partial charge in [-0.2, -0.15) is 0 Å². The molecule has 0 aromatic heterocycles. The van der Waals surface area contributed by atoms with E-state index in [0.29, 0.717) is 0 Å². The van der Waals surface area contributed by atoms with E-state index in [1.165, 1.54) is 22.3 Å². The summed E-state index contributed by atoms with van der Waals surface area (Å²) in [6, 6.07) is 27.6. The molecule has 0 radical (unpaired) electrons. The van der Waals surface area contributed by atoms with Gasteiger partial charge in [-0.15, -0.1) is 12.4 Å². The summed E-state index contributed by atoms with van der Waals surface area (Å²) >= 11 is 0. The maximum Gasteiger partial charge on any atom is 0.196 e. The lowest BCUT2D eigenvalue weighted by Crippen LogP contribution is -2.37. The quantitative estimate of drug-likeness (QED) is 0.679. The second kappa shape index (κ2) is 8.74. The third-order valence-electron chi connectivity index (χ3n) is 4.77. The van der Waals surface area contributed by atoms with Gasteiger partial charge in [-0.05, 0) is 29.7 Å². The molecule has 0 bridgehead atoms. The molecule has 4 heteroatoms. The third-order valence-corrected chi connectivity index (χ3v) is 4.77. The van der Waals surface area contributed by atoms with Crippen molar-refractivity contribution in [2.75, 3.05) is 6.54 Å². The zero-order valence-electron chi connectivity index (χ0n) is 15.4. The van der Waals surface area contributed by atoms with Crippen LogP contribution in [0.15, 0.2) is 83.9 Å². The lowest BCUT2D eigenvalue weighted by molar-refractivity contribution is 0.742. The van der Waals surface area contributed by atoms with E-state index in [2.05, 4.69) is 90.4 Å². The number of fused-ring (bicyclic) bond motifs is 1. The van der Waals surface area contributed by atoms with Gasteiger partial charge in [0.15, 0.2) is 5.96 Å². The number of aryl methyl sites for hydroxylation is 1. The summed E-state index contributed by atoms with van der Waals surface area (Å²) in [4.78, 5) is 4.87. The van der Waals surface area contributed by atoms with Crippen molar-refractivity contribution in [1.29, 1.82) is 0 Å².